The van der Waals surface area contributed by atoms with E-state index in [1.165, 1.54) is 16.8 Å². The second kappa shape index (κ2) is 15.0. The van der Waals surface area contributed by atoms with Crippen molar-refractivity contribution >= 4 is 17.5 Å². The van der Waals surface area contributed by atoms with Crippen LogP contribution in [0.15, 0.2) is 12.3 Å². The van der Waals surface area contributed by atoms with Crippen LogP contribution in [-0.4, -0.2) is 48.2 Å². The van der Waals surface area contributed by atoms with Crippen LogP contribution in [0.4, 0.5) is 22.0 Å². The van der Waals surface area contributed by atoms with Crippen molar-refractivity contribution in [1.82, 2.24) is 19.9 Å². The minimum absolute atomic E-state index is 0.00351. The van der Waals surface area contributed by atoms with Crippen LogP contribution in [0.5, 0.6) is 5.75 Å². The molecule has 1 amide bonds. The monoisotopic (exact) mass is 580 g/mol. The van der Waals surface area contributed by atoms with Gasteiger partial charge in [-0.2, -0.15) is 30.4 Å². The smallest absolute Gasteiger partial charge is 0.389 e. The number of hydrogen-bond acceptors (Lipinski definition) is 6. The third kappa shape index (κ3) is 9.97. The fourth-order valence-corrected chi connectivity index (χ4v) is 4.60. The number of alkyl halides is 5. The second-order valence-electron chi connectivity index (χ2n) is 9.57. The molecule has 0 spiro atoms. The molecule has 0 aromatic carbocycles. The van der Waals surface area contributed by atoms with Gasteiger partial charge < -0.3 is 10.1 Å². The summed E-state index contributed by atoms with van der Waals surface area (Å²) >= 11 is -0.750. The number of halogens is 5. The maximum atomic E-state index is 13.2. The highest BCUT2D eigenvalue weighted by atomic mass is 32.1. The van der Waals surface area contributed by atoms with Crippen molar-refractivity contribution in [3.8, 4) is 11.6 Å². The molecule has 0 unspecified atom stereocenters. The summed E-state index contributed by atoms with van der Waals surface area (Å²) in [5, 5.41) is 2.95. The maximum absolute atomic E-state index is 13.2. The van der Waals surface area contributed by atoms with Crippen LogP contribution < -0.4 is 10.1 Å². The van der Waals surface area contributed by atoms with Gasteiger partial charge in [0.1, 0.15) is 11.5 Å². The van der Waals surface area contributed by atoms with E-state index in [1.807, 2.05) is 6.92 Å². The molecule has 1 fully saturated rings. The number of rotatable bonds is 10. The molecule has 2 aromatic heterocycles. The van der Waals surface area contributed by atoms with Gasteiger partial charge in [-0.3, -0.25) is 9.36 Å². The van der Waals surface area contributed by atoms with Crippen LogP contribution in [-0.2, 0) is 24.4 Å². The number of aromatic nitrogens is 3. The molecule has 1 N–H and O–H groups in total. The Kier molecular flexibility index (Phi) is 12.5. The maximum Gasteiger partial charge on any atom is 0.389 e. The highest BCUT2D eigenvalue weighted by Gasteiger charge is 2.27. The van der Waals surface area contributed by atoms with Gasteiger partial charge in [-0.1, -0.05) is 26.7 Å². The number of nitrogens with one attached hydrogen (secondary N) is 1. The first kappa shape index (κ1) is 32.3. The average molecular weight is 581 g/mol. The Morgan fingerprint density at radius 3 is 2.44 bits per heavy atom. The molecule has 0 bridgehead atoms. The van der Waals surface area contributed by atoms with Crippen LogP contribution >= 0.6 is 0 Å². The fraction of sp³-hybridized carbons (Fsp3) is 0.640. The van der Waals surface area contributed by atoms with Gasteiger partial charge in [0.2, 0.25) is 0 Å². The predicted octanol–water partition coefficient (Wildman–Crippen LogP) is 5.51. The number of carbonyl (C=O) groups excluding carboxylic acids is 1. The summed E-state index contributed by atoms with van der Waals surface area (Å²) in [6, 6.07) is 1.27. The highest BCUT2D eigenvalue weighted by Crippen LogP contribution is 2.30. The Morgan fingerprint density at radius 2 is 1.87 bits per heavy atom. The van der Waals surface area contributed by atoms with Gasteiger partial charge in [-0.15, -0.1) is 0 Å². The standard InChI is InChI=1S/C25H33F5N4O2.O2S/c1-4-20-33-21(23(35)32-13-17-9-7-15(2)8-10-17)16(3)34(20)22-19(36-24(26)27)12-18(14-31-22)6-5-11-25(28,29)30;1-3-2/h12,14-15,17,24H,4-11,13H2,1-3H3,(H,32,35);. The number of aryl methyl sites for hydroxylation is 2. The fourth-order valence-electron chi connectivity index (χ4n) is 4.60. The van der Waals surface area contributed by atoms with Crippen molar-refractivity contribution < 1.29 is 39.9 Å². The van der Waals surface area contributed by atoms with Crippen molar-refractivity contribution in [3.05, 3.63) is 35.0 Å². The van der Waals surface area contributed by atoms with Gasteiger partial charge in [0.25, 0.3) is 5.91 Å². The minimum Gasteiger partial charge on any atom is -0.431 e. The van der Waals surface area contributed by atoms with E-state index in [-0.39, 0.29) is 36.0 Å². The molecule has 0 aliphatic heterocycles. The Bertz CT molecular complexity index is 1130. The summed E-state index contributed by atoms with van der Waals surface area (Å²) in [6.45, 7) is 3.07. The zero-order valence-corrected chi connectivity index (χ0v) is 22.8. The molecule has 8 nitrogen and oxygen atoms in total. The van der Waals surface area contributed by atoms with Crippen molar-refractivity contribution in [3.63, 3.8) is 0 Å². The number of nitrogens with zero attached hydrogens (tertiary/aromatic N) is 3. The molecule has 3 rings (SSSR count). The summed E-state index contributed by atoms with van der Waals surface area (Å²) in [5.41, 5.74) is 0.933. The number of ether oxygens (including phenoxy) is 1. The van der Waals surface area contributed by atoms with E-state index < -0.39 is 30.8 Å². The van der Waals surface area contributed by atoms with E-state index in [9.17, 15) is 26.7 Å². The third-order valence-electron chi connectivity index (χ3n) is 6.64. The molecule has 0 atom stereocenters. The summed E-state index contributed by atoms with van der Waals surface area (Å²) in [5.74, 6) is 0.927. The first-order valence-corrected chi connectivity index (χ1v) is 13.4. The lowest BCUT2D eigenvalue weighted by Gasteiger charge is -2.26. The van der Waals surface area contributed by atoms with E-state index in [2.05, 4.69) is 26.9 Å². The summed E-state index contributed by atoms with van der Waals surface area (Å²) in [4.78, 5) is 21.6. The van der Waals surface area contributed by atoms with Gasteiger partial charge in [-0.05, 0) is 56.1 Å². The van der Waals surface area contributed by atoms with Gasteiger partial charge in [0, 0.05) is 25.6 Å². The molecule has 39 heavy (non-hydrogen) atoms. The van der Waals surface area contributed by atoms with E-state index in [0.717, 1.165) is 25.7 Å². The van der Waals surface area contributed by atoms with Crippen molar-refractivity contribution in [1.29, 1.82) is 0 Å². The molecule has 0 radical (unpaired) electrons. The summed E-state index contributed by atoms with van der Waals surface area (Å²) in [6.07, 6.45) is 0.634. The lowest BCUT2D eigenvalue weighted by atomic mass is 9.83. The largest absolute Gasteiger partial charge is 0.431 e. The number of amides is 1. The molecule has 1 aliphatic rings. The quantitative estimate of drug-likeness (QED) is 0.372. The minimum atomic E-state index is -4.30. The molecular formula is C25H33F5N4O4S. The molecule has 218 valence electrons. The van der Waals surface area contributed by atoms with E-state index in [0.29, 0.717) is 41.9 Å². The highest BCUT2D eigenvalue weighted by molar-refractivity contribution is 7.51. The first-order valence-electron chi connectivity index (χ1n) is 12.7. The zero-order valence-electron chi connectivity index (χ0n) is 22.0. The van der Waals surface area contributed by atoms with Crippen molar-refractivity contribution in [2.24, 2.45) is 11.8 Å². The molecule has 2 heterocycles. The van der Waals surface area contributed by atoms with E-state index in [1.54, 1.807) is 6.92 Å². The summed E-state index contributed by atoms with van der Waals surface area (Å²) in [7, 11) is 0. The van der Waals surface area contributed by atoms with Crippen LogP contribution in [0, 0.1) is 18.8 Å². The SMILES string of the molecule is CCc1nc(C(=O)NCC2CCC(C)CC2)c(C)n1-c1ncc(CCCC(F)(F)F)cc1OC(F)F.O=S=O. The van der Waals surface area contributed by atoms with Crippen LogP contribution in [0.1, 0.15) is 79.9 Å². The Hall–Kier alpha value is -2.90. The normalized spacial score (nSPS) is 17.4. The lowest BCUT2D eigenvalue weighted by Crippen LogP contribution is -2.31. The second-order valence-corrected chi connectivity index (χ2v) is 9.70. The van der Waals surface area contributed by atoms with Crippen LogP contribution in [0.3, 0.4) is 0 Å². The average Bonchev–Trinajstić information content (AvgIpc) is 3.19. The van der Waals surface area contributed by atoms with E-state index >= 15 is 0 Å². The molecule has 1 saturated carbocycles. The van der Waals surface area contributed by atoms with Gasteiger partial charge in [-0.25, -0.2) is 9.97 Å². The molecule has 0 saturated heterocycles. The number of hydrogen-bond donors (Lipinski definition) is 1. The Balaban J connectivity index is 0.00000170. The van der Waals surface area contributed by atoms with Gasteiger partial charge >= 0.3 is 24.4 Å². The number of pyridine rings is 1. The number of carbonyl (C=O) groups is 1. The molecule has 14 heteroatoms. The zero-order chi connectivity index (χ0) is 29.2. The third-order valence-corrected chi connectivity index (χ3v) is 6.64. The van der Waals surface area contributed by atoms with Gasteiger partial charge in [0.15, 0.2) is 11.6 Å². The van der Waals surface area contributed by atoms with Crippen LogP contribution in [0.25, 0.3) is 5.82 Å². The van der Waals surface area contributed by atoms with Crippen molar-refractivity contribution in [2.45, 2.75) is 84.9 Å². The van der Waals surface area contributed by atoms with E-state index in [4.69, 9.17) is 8.42 Å². The Morgan fingerprint density at radius 1 is 1.23 bits per heavy atom. The molecular weight excluding hydrogens is 547 g/mol. The van der Waals surface area contributed by atoms with Crippen LogP contribution in [0.2, 0.25) is 0 Å². The lowest BCUT2D eigenvalue weighted by molar-refractivity contribution is -0.135. The molecule has 1 aliphatic carbocycles. The first-order chi connectivity index (χ1) is 18.4. The molecule has 2 aromatic rings. The summed E-state index contributed by atoms with van der Waals surface area (Å²) < 4.78 is 86.6. The van der Waals surface area contributed by atoms with Gasteiger partial charge in [0.05, 0.1) is 5.69 Å². The van der Waals surface area contributed by atoms with Crippen molar-refractivity contribution in [2.75, 3.05) is 6.54 Å². The Labute approximate surface area is 227 Å². The number of imidazole rings is 1. The topological polar surface area (TPSA) is 103 Å². The predicted molar refractivity (Wildman–Crippen MR) is 133 cm³/mol.